The first-order chi connectivity index (χ1) is 10.0. The molecule has 0 spiro atoms. The summed E-state index contributed by atoms with van der Waals surface area (Å²) in [6.45, 7) is 2.64. The molecule has 114 valence electrons. The third-order valence-electron chi connectivity index (χ3n) is 3.89. The van der Waals surface area contributed by atoms with E-state index in [4.69, 9.17) is 0 Å². The van der Waals surface area contributed by atoms with Crippen LogP contribution >= 0.6 is 0 Å². The molecular weight excluding hydrogens is 290 g/mol. The molecule has 2 aromatic rings. The second-order valence-corrected chi connectivity index (χ2v) is 7.56. The van der Waals surface area contributed by atoms with Gasteiger partial charge in [0.15, 0.2) is 9.84 Å². The summed E-state index contributed by atoms with van der Waals surface area (Å²) in [5.74, 6) is 0.175. The smallest absolute Gasteiger partial charge is 0.178 e. The van der Waals surface area contributed by atoms with E-state index in [0.717, 1.165) is 43.9 Å². The summed E-state index contributed by atoms with van der Waals surface area (Å²) in [5.41, 5.74) is 1.82. The lowest BCUT2D eigenvalue weighted by atomic mass is 9.95. The molecular formula is C13H19N5O2S. The van der Waals surface area contributed by atoms with E-state index in [1.54, 1.807) is 6.33 Å². The molecule has 8 heteroatoms. The minimum absolute atomic E-state index is 0.175. The normalized spacial score (nSPS) is 20.7. The number of hydrogen-bond donors (Lipinski definition) is 2. The summed E-state index contributed by atoms with van der Waals surface area (Å²) in [6, 6.07) is 0. The molecule has 1 aliphatic rings. The molecule has 3 rings (SSSR count). The van der Waals surface area contributed by atoms with Crippen LogP contribution in [0, 0.1) is 0 Å². The van der Waals surface area contributed by atoms with Gasteiger partial charge in [-0.15, -0.1) is 0 Å². The molecule has 1 aliphatic heterocycles. The van der Waals surface area contributed by atoms with Crippen LogP contribution in [0.15, 0.2) is 23.6 Å². The molecule has 0 saturated carbocycles. The van der Waals surface area contributed by atoms with Gasteiger partial charge in [-0.05, 0) is 19.4 Å². The van der Waals surface area contributed by atoms with Crippen molar-refractivity contribution in [3.05, 3.63) is 30.1 Å². The second kappa shape index (κ2) is 5.61. The predicted octanol–water partition coefficient (Wildman–Crippen LogP) is 0.916. The number of nitrogens with zero attached hydrogens (tertiary/aromatic N) is 3. The molecule has 0 bridgehead atoms. The Kier molecular flexibility index (Phi) is 3.81. The average Bonchev–Trinajstić information content (AvgIpc) is 3.08. The number of piperidine rings is 1. The SMILES string of the molecule is CS(=O)(=O)c1cn[nH]c1[C@@H]1CCCN(Cc2cnc[nH]2)C1. The maximum atomic E-state index is 11.8. The van der Waals surface area contributed by atoms with E-state index >= 15 is 0 Å². The lowest BCUT2D eigenvalue weighted by molar-refractivity contribution is 0.195. The summed E-state index contributed by atoms with van der Waals surface area (Å²) >= 11 is 0. The second-order valence-electron chi connectivity index (χ2n) is 5.57. The van der Waals surface area contributed by atoms with Gasteiger partial charge in [0, 0.05) is 37.2 Å². The Hall–Kier alpha value is -1.67. The van der Waals surface area contributed by atoms with Gasteiger partial charge < -0.3 is 4.98 Å². The number of hydrogen-bond acceptors (Lipinski definition) is 5. The van der Waals surface area contributed by atoms with Gasteiger partial charge in [-0.2, -0.15) is 5.10 Å². The first-order valence-corrected chi connectivity index (χ1v) is 8.86. The van der Waals surface area contributed by atoms with Crippen LogP contribution in [-0.4, -0.2) is 52.8 Å². The van der Waals surface area contributed by atoms with E-state index in [1.165, 1.54) is 12.5 Å². The van der Waals surface area contributed by atoms with Crippen LogP contribution in [0.3, 0.4) is 0 Å². The van der Waals surface area contributed by atoms with Crippen molar-refractivity contribution in [1.82, 2.24) is 25.1 Å². The van der Waals surface area contributed by atoms with Crippen molar-refractivity contribution in [2.75, 3.05) is 19.3 Å². The quantitative estimate of drug-likeness (QED) is 0.875. The van der Waals surface area contributed by atoms with Crippen molar-refractivity contribution in [3.63, 3.8) is 0 Å². The monoisotopic (exact) mass is 309 g/mol. The largest absolute Gasteiger partial charge is 0.347 e. The Bertz CT molecular complexity index is 692. The highest BCUT2D eigenvalue weighted by molar-refractivity contribution is 7.90. The maximum Gasteiger partial charge on any atom is 0.178 e. The van der Waals surface area contributed by atoms with Crippen LogP contribution < -0.4 is 0 Å². The fourth-order valence-electron chi connectivity index (χ4n) is 2.92. The zero-order valence-corrected chi connectivity index (χ0v) is 12.7. The molecule has 3 heterocycles. The van der Waals surface area contributed by atoms with E-state index in [2.05, 4.69) is 25.1 Å². The number of likely N-dealkylation sites (tertiary alicyclic amines) is 1. The van der Waals surface area contributed by atoms with E-state index in [9.17, 15) is 8.42 Å². The van der Waals surface area contributed by atoms with Gasteiger partial charge in [0.25, 0.3) is 0 Å². The van der Waals surface area contributed by atoms with Crippen LogP contribution in [0.1, 0.15) is 30.1 Å². The molecule has 0 aliphatic carbocycles. The molecule has 7 nitrogen and oxygen atoms in total. The Morgan fingerprint density at radius 1 is 1.43 bits per heavy atom. The molecule has 1 fully saturated rings. The van der Waals surface area contributed by atoms with Crippen LogP contribution in [0.25, 0.3) is 0 Å². The summed E-state index contributed by atoms with van der Waals surface area (Å²) in [7, 11) is -3.24. The summed E-state index contributed by atoms with van der Waals surface area (Å²) in [5, 5.41) is 6.81. The van der Waals surface area contributed by atoms with Gasteiger partial charge >= 0.3 is 0 Å². The number of H-pyrrole nitrogens is 2. The number of nitrogens with one attached hydrogen (secondary N) is 2. The molecule has 1 saturated heterocycles. The lowest BCUT2D eigenvalue weighted by Gasteiger charge is -2.32. The van der Waals surface area contributed by atoms with Gasteiger partial charge in [0.2, 0.25) is 0 Å². The van der Waals surface area contributed by atoms with Crippen molar-refractivity contribution in [2.45, 2.75) is 30.2 Å². The number of imidazole rings is 1. The van der Waals surface area contributed by atoms with Crippen molar-refractivity contribution in [2.24, 2.45) is 0 Å². The Labute approximate surface area is 123 Å². The van der Waals surface area contributed by atoms with Crippen LogP contribution in [0.4, 0.5) is 0 Å². The third kappa shape index (κ3) is 3.16. The van der Waals surface area contributed by atoms with Gasteiger partial charge in [0.05, 0.1) is 18.2 Å². The Balaban J connectivity index is 1.76. The molecule has 0 unspecified atom stereocenters. The fourth-order valence-corrected chi connectivity index (χ4v) is 3.78. The number of sulfone groups is 1. The van der Waals surface area contributed by atoms with Crippen molar-refractivity contribution >= 4 is 9.84 Å². The first kappa shape index (κ1) is 14.3. The zero-order chi connectivity index (χ0) is 14.9. The molecule has 0 amide bonds. The Morgan fingerprint density at radius 3 is 3.00 bits per heavy atom. The number of aromatic amines is 2. The number of aromatic nitrogens is 4. The highest BCUT2D eigenvalue weighted by atomic mass is 32.2. The predicted molar refractivity (Wildman–Crippen MR) is 77.5 cm³/mol. The molecule has 21 heavy (non-hydrogen) atoms. The van der Waals surface area contributed by atoms with Crippen LogP contribution in [-0.2, 0) is 16.4 Å². The average molecular weight is 309 g/mol. The minimum atomic E-state index is -3.24. The third-order valence-corrected chi connectivity index (χ3v) is 5.02. The Morgan fingerprint density at radius 2 is 2.29 bits per heavy atom. The first-order valence-electron chi connectivity index (χ1n) is 6.97. The maximum absolute atomic E-state index is 11.8. The van der Waals surface area contributed by atoms with Crippen molar-refractivity contribution in [1.29, 1.82) is 0 Å². The molecule has 1 atom stereocenters. The highest BCUT2D eigenvalue weighted by Gasteiger charge is 2.27. The standard InChI is InChI=1S/C13H19N5O2S/c1-21(19,20)12-6-16-17-13(12)10-3-2-4-18(7-10)8-11-5-14-9-15-11/h5-6,9-10H,2-4,7-8H2,1H3,(H,14,15)(H,16,17)/t10-/m1/s1. The van der Waals surface area contributed by atoms with Crippen molar-refractivity contribution < 1.29 is 8.42 Å². The molecule has 2 aromatic heterocycles. The van der Waals surface area contributed by atoms with E-state index < -0.39 is 9.84 Å². The van der Waals surface area contributed by atoms with Crippen molar-refractivity contribution in [3.8, 4) is 0 Å². The van der Waals surface area contributed by atoms with Gasteiger partial charge in [0.1, 0.15) is 4.90 Å². The molecule has 0 radical (unpaired) electrons. The van der Waals surface area contributed by atoms with Crippen LogP contribution in [0.5, 0.6) is 0 Å². The van der Waals surface area contributed by atoms with Gasteiger partial charge in [-0.25, -0.2) is 13.4 Å². The molecule has 2 N–H and O–H groups in total. The highest BCUT2D eigenvalue weighted by Crippen LogP contribution is 2.30. The van der Waals surface area contributed by atoms with E-state index in [1.807, 2.05) is 6.20 Å². The summed E-state index contributed by atoms with van der Waals surface area (Å²) < 4.78 is 23.6. The van der Waals surface area contributed by atoms with E-state index in [0.29, 0.717) is 4.90 Å². The summed E-state index contributed by atoms with van der Waals surface area (Å²) in [6.07, 6.45) is 8.16. The minimum Gasteiger partial charge on any atom is -0.347 e. The molecule has 0 aromatic carbocycles. The lowest BCUT2D eigenvalue weighted by Crippen LogP contribution is -2.34. The fraction of sp³-hybridized carbons (Fsp3) is 0.538. The summed E-state index contributed by atoms with van der Waals surface area (Å²) in [4.78, 5) is 9.77. The zero-order valence-electron chi connectivity index (χ0n) is 11.9. The van der Waals surface area contributed by atoms with Gasteiger partial charge in [-0.3, -0.25) is 10.00 Å². The topological polar surface area (TPSA) is 94.7 Å². The number of rotatable bonds is 4. The van der Waals surface area contributed by atoms with Gasteiger partial charge in [-0.1, -0.05) is 0 Å². The van der Waals surface area contributed by atoms with Crippen LogP contribution in [0.2, 0.25) is 0 Å². The van der Waals surface area contributed by atoms with E-state index in [-0.39, 0.29) is 5.92 Å².